The van der Waals surface area contributed by atoms with Crippen LogP contribution in [0.3, 0.4) is 0 Å². The number of hydrogen-bond donors (Lipinski definition) is 3. The van der Waals surface area contributed by atoms with Crippen LogP contribution in [0.25, 0.3) is 0 Å². The first-order valence-electron chi connectivity index (χ1n) is 8.59. The Hall–Kier alpha value is -1.73. The van der Waals surface area contributed by atoms with Crippen molar-refractivity contribution in [3.8, 4) is 5.75 Å². The van der Waals surface area contributed by atoms with Crippen LogP contribution in [0.5, 0.6) is 5.75 Å². The van der Waals surface area contributed by atoms with Crippen molar-refractivity contribution in [1.82, 2.24) is 10.2 Å². The van der Waals surface area contributed by atoms with Gasteiger partial charge < -0.3 is 9.47 Å². The lowest BCUT2D eigenvalue weighted by molar-refractivity contribution is -0.134. The molecule has 2 rings (SSSR count). The number of rotatable bonds is 9. The van der Waals surface area contributed by atoms with Crippen LogP contribution >= 0.6 is 0 Å². The predicted molar refractivity (Wildman–Crippen MR) is 99.3 cm³/mol. The third-order valence-electron chi connectivity index (χ3n) is 4.60. The molecule has 1 fully saturated rings. The summed E-state index contributed by atoms with van der Waals surface area (Å²) < 4.78 is 59.8. The molecule has 28 heavy (non-hydrogen) atoms. The van der Waals surface area contributed by atoms with Crippen LogP contribution in [-0.2, 0) is 29.4 Å². The van der Waals surface area contributed by atoms with E-state index >= 15 is 0 Å². The number of sulfone groups is 1. The van der Waals surface area contributed by atoms with Crippen LogP contribution in [0, 0.1) is 0 Å². The molecule has 0 radical (unpaired) electrons. The highest BCUT2D eigenvalue weighted by molar-refractivity contribution is 7.93. The molecular weight excluding hydrogens is 412 g/mol. The lowest BCUT2D eigenvalue weighted by Gasteiger charge is -2.34. The number of nitrogens with one attached hydrogen (secondary N) is 2. The Balaban J connectivity index is 2.11. The van der Waals surface area contributed by atoms with Crippen molar-refractivity contribution in [2.75, 3.05) is 32.6 Å². The monoisotopic (exact) mass is 436 g/mol. The van der Waals surface area contributed by atoms with Gasteiger partial charge >= 0.3 is 0 Å². The van der Waals surface area contributed by atoms with Gasteiger partial charge in [0.25, 0.3) is 5.91 Å². The summed E-state index contributed by atoms with van der Waals surface area (Å²) in [5.41, 5.74) is 1.46. The molecule has 3 N–H and O–H groups in total. The summed E-state index contributed by atoms with van der Waals surface area (Å²) >= 11 is 0. The maximum Gasteiger partial charge on any atom is 0.265 e. The Kier molecular flexibility index (Phi) is 7.39. The second kappa shape index (κ2) is 9.18. The van der Waals surface area contributed by atoms with Crippen molar-refractivity contribution in [3.05, 3.63) is 24.3 Å². The first kappa shape index (κ1) is 22.6. The Morgan fingerprint density at radius 3 is 2.32 bits per heavy atom. The quantitative estimate of drug-likeness (QED) is 0.275. The number of benzene rings is 1. The van der Waals surface area contributed by atoms with E-state index in [1.165, 1.54) is 36.8 Å². The van der Waals surface area contributed by atoms with Gasteiger partial charge in [-0.25, -0.2) is 27.0 Å². The Bertz CT molecular complexity index is 876. The number of ether oxygens (including phenoxy) is 2. The van der Waals surface area contributed by atoms with Gasteiger partial charge in [0.15, 0.2) is 14.6 Å². The van der Waals surface area contributed by atoms with Gasteiger partial charge in [0.1, 0.15) is 5.75 Å². The molecule has 1 amide bonds. The second-order valence-corrected chi connectivity index (χ2v) is 10.6. The van der Waals surface area contributed by atoms with Gasteiger partial charge in [-0.3, -0.25) is 10.0 Å². The molecular formula is C16H24N2O8S2. The number of carbonyl (C=O) groups excluding carboxylic acids is 1. The molecule has 1 aromatic rings. The summed E-state index contributed by atoms with van der Waals surface area (Å²) in [4.78, 5) is 12.1. The number of hydrogen-bond acceptors (Lipinski definition) is 8. The number of sulfonamides is 1. The van der Waals surface area contributed by atoms with Gasteiger partial charge in [-0.1, -0.05) is 0 Å². The molecule has 1 aliphatic rings. The fourth-order valence-electron chi connectivity index (χ4n) is 2.90. The molecule has 1 aromatic carbocycles. The first-order valence-corrected chi connectivity index (χ1v) is 11.7. The minimum atomic E-state index is -4.09. The highest BCUT2D eigenvalue weighted by Crippen LogP contribution is 2.35. The standard InChI is InChI=1S/C16H24N2O8S2/c1-17-27(21,22)12-2-9-26-13-3-5-14(6-4-13)28(23,24)16(15(19)18-20)7-10-25-11-8-16/h3-6,17,20H,2,7-12H2,1H3,(H,18,19). The zero-order valence-electron chi connectivity index (χ0n) is 15.4. The first-order chi connectivity index (χ1) is 13.2. The fourth-order valence-corrected chi connectivity index (χ4v) is 5.54. The summed E-state index contributed by atoms with van der Waals surface area (Å²) in [6.07, 6.45) is 0.128. The number of hydroxylamine groups is 1. The van der Waals surface area contributed by atoms with E-state index in [1.807, 2.05) is 0 Å². The van der Waals surface area contributed by atoms with E-state index in [9.17, 15) is 21.6 Å². The molecule has 0 atom stereocenters. The summed E-state index contributed by atoms with van der Waals surface area (Å²) in [5.74, 6) is -0.702. The van der Waals surface area contributed by atoms with Crippen molar-refractivity contribution in [3.63, 3.8) is 0 Å². The fraction of sp³-hybridized carbons (Fsp3) is 0.562. The van der Waals surface area contributed by atoms with Gasteiger partial charge in [-0.2, -0.15) is 0 Å². The summed E-state index contributed by atoms with van der Waals surface area (Å²) in [6.45, 7) is 0.313. The Labute approximate surface area is 164 Å². The molecule has 10 nitrogen and oxygen atoms in total. The Morgan fingerprint density at radius 1 is 1.18 bits per heavy atom. The molecule has 158 valence electrons. The maximum absolute atomic E-state index is 13.1. The van der Waals surface area contributed by atoms with Crippen molar-refractivity contribution < 1.29 is 36.3 Å². The molecule has 1 aliphatic heterocycles. The molecule has 0 spiro atoms. The van der Waals surface area contributed by atoms with Gasteiger partial charge in [-0.15, -0.1) is 0 Å². The van der Waals surface area contributed by atoms with E-state index in [1.54, 1.807) is 0 Å². The molecule has 0 unspecified atom stereocenters. The third-order valence-corrected chi connectivity index (χ3v) is 8.56. The molecule has 0 aromatic heterocycles. The zero-order chi connectivity index (χ0) is 20.8. The van der Waals surface area contributed by atoms with Gasteiger partial charge in [0.05, 0.1) is 17.3 Å². The molecule has 1 saturated heterocycles. The summed E-state index contributed by atoms with van der Waals surface area (Å²) in [5, 5.41) is 9.03. The predicted octanol–water partition coefficient (Wildman–Crippen LogP) is -0.167. The van der Waals surface area contributed by atoms with Crippen LogP contribution in [0.2, 0.25) is 0 Å². The number of amides is 1. The molecule has 0 saturated carbocycles. The Morgan fingerprint density at radius 2 is 1.79 bits per heavy atom. The van der Waals surface area contributed by atoms with Crippen molar-refractivity contribution in [2.45, 2.75) is 28.9 Å². The van der Waals surface area contributed by atoms with Crippen LogP contribution < -0.4 is 14.9 Å². The molecule has 12 heteroatoms. The molecule has 1 heterocycles. The average molecular weight is 437 g/mol. The van der Waals surface area contributed by atoms with Crippen molar-refractivity contribution in [1.29, 1.82) is 0 Å². The average Bonchev–Trinajstić information content (AvgIpc) is 2.71. The van der Waals surface area contributed by atoms with Crippen LogP contribution in [0.1, 0.15) is 19.3 Å². The largest absolute Gasteiger partial charge is 0.494 e. The minimum absolute atomic E-state index is 0.0695. The van der Waals surface area contributed by atoms with Crippen LogP contribution in [-0.4, -0.2) is 65.3 Å². The van der Waals surface area contributed by atoms with Gasteiger partial charge in [-0.05, 0) is 50.6 Å². The van der Waals surface area contributed by atoms with E-state index in [0.29, 0.717) is 5.75 Å². The van der Waals surface area contributed by atoms with Crippen LogP contribution in [0.4, 0.5) is 0 Å². The van der Waals surface area contributed by atoms with E-state index in [-0.39, 0.29) is 49.7 Å². The lowest BCUT2D eigenvalue weighted by Crippen LogP contribution is -2.54. The SMILES string of the molecule is CNS(=O)(=O)CCCOc1ccc(S(=O)(=O)C2(C(=O)NO)CCOCC2)cc1. The van der Waals surface area contributed by atoms with Gasteiger partial charge in [0, 0.05) is 13.2 Å². The maximum atomic E-state index is 13.1. The van der Waals surface area contributed by atoms with Crippen molar-refractivity contribution >= 4 is 25.8 Å². The summed E-state index contributed by atoms with van der Waals surface area (Å²) in [6, 6.07) is 5.50. The van der Waals surface area contributed by atoms with Crippen LogP contribution in [0.15, 0.2) is 29.2 Å². The smallest absolute Gasteiger partial charge is 0.265 e. The zero-order valence-corrected chi connectivity index (χ0v) is 17.0. The van der Waals surface area contributed by atoms with Crippen molar-refractivity contribution in [2.24, 2.45) is 0 Å². The second-order valence-electron chi connectivity index (χ2n) is 6.25. The van der Waals surface area contributed by atoms with E-state index in [2.05, 4.69) is 4.72 Å². The minimum Gasteiger partial charge on any atom is -0.494 e. The third kappa shape index (κ3) is 4.81. The van der Waals surface area contributed by atoms with E-state index in [4.69, 9.17) is 14.7 Å². The highest BCUT2D eigenvalue weighted by atomic mass is 32.2. The summed E-state index contributed by atoms with van der Waals surface area (Å²) in [7, 11) is -6.07. The number of carbonyl (C=O) groups is 1. The van der Waals surface area contributed by atoms with E-state index < -0.39 is 30.5 Å². The highest BCUT2D eigenvalue weighted by Gasteiger charge is 2.52. The lowest BCUT2D eigenvalue weighted by atomic mass is 9.98. The molecule has 0 bridgehead atoms. The van der Waals surface area contributed by atoms with Gasteiger partial charge in [0.2, 0.25) is 10.0 Å². The molecule has 0 aliphatic carbocycles. The van der Waals surface area contributed by atoms with E-state index in [0.717, 1.165) is 0 Å². The topological polar surface area (TPSA) is 148 Å². The normalized spacial score (nSPS) is 17.1.